The molecular formula is C6H12ClNO. The van der Waals surface area contributed by atoms with Crippen LogP contribution in [-0.2, 0) is 0 Å². The van der Waals surface area contributed by atoms with Gasteiger partial charge < -0.3 is 5.21 Å². The summed E-state index contributed by atoms with van der Waals surface area (Å²) in [4.78, 5) is 0. The monoisotopic (exact) mass is 149 g/mol. The Morgan fingerprint density at radius 3 is 2.67 bits per heavy atom. The molecule has 0 aliphatic rings. The number of hydrogen-bond acceptors (Lipinski definition) is 1. The van der Waals surface area contributed by atoms with Gasteiger partial charge in [-0.05, 0) is 12.8 Å². The third kappa shape index (κ3) is 7.76. The molecule has 0 fully saturated rings. The normalized spacial score (nSPS) is 12.0. The zero-order valence-corrected chi connectivity index (χ0v) is 6.40. The fraction of sp³-hybridized carbons (Fsp3) is 0.833. The van der Waals surface area contributed by atoms with E-state index in [1.807, 2.05) is 0 Å². The standard InChI is InChI=1S/C6H12ClNO/c1-8(9)6-4-2-3-5-7/h6H,2-5H2,1H3/b8-6-. The van der Waals surface area contributed by atoms with Gasteiger partial charge in [0, 0.05) is 12.3 Å². The maximum Gasteiger partial charge on any atom is 0.150 e. The number of unbranched alkanes of at least 4 members (excludes halogenated alkanes) is 2. The lowest BCUT2D eigenvalue weighted by atomic mass is 10.3. The number of rotatable bonds is 4. The van der Waals surface area contributed by atoms with Crippen molar-refractivity contribution in [2.24, 2.45) is 0 Å². The summed E-state index contributed by atoms with van der Waals surface area (Å²) < 4.78 is 0.828. The smallest absolute Gasteiger partial charge is 0.150 e. The second-order valence-electron chi connectivity index (χ2n) is 1.91. The first-order chi connectivity index (χ1) is 4.27. The molecule has 0 aliphatic carbocycles. The van der Waals surface area contributed by atoms with Crippen LogP contribution in [0.4, 0.5) is 0 Å². The molecule has 0 N–H and O–H groups in total. The van der Waals surface area contributed by atoms with Crippen LogP contribution < -0.4 is 0 Å². The lowest BCUT2D eigenvalue weighted by molar-refractivity contribution is -0.418. The lowest BCUT2D eigenvalue weighted by Crippen LogP contribution is -1.95. The summed E-state index contributed by atoms with van der Waals surface area (Å²) in [6, 6.07) is 0. The molecule has 0 rings (SSSR count). The average Bonchev–Trinajstić information content (AvgIpc) is 1.80. The van der Waals surface area contributed by atoms with Gasteiger partial charge in [-0.3, -0.25) is 0 Å². The maximum atomic E-state index is 10.2. The molecule has 0 spiro atoms. The minimum atomic E-state index is 0.691. The molecular weight excluding hydrogens is 138 g/mol. The van der Waals surface area contributed by atoms with E-state index >= 15 is 0 Å². The Hall–Kier alpha value is -0.240. The molecule has 0 saturated heterocycles. The highest BCUT2D eigenvalue weighted by atomic mass is 35.5. The second-order valence-corrected chi connectivity index (χ2v) is 2.29. The predicted octanol–water partition coefficient (Wildman–Crippen LogP) is 1.61. The van der Waals surface area contributed by atoms with Gasteiger partial charge in [0.1, 0.15) is 7.05 Å². The van der Waals surface area contributed by atoms with Crippen LogP contribution in [0.5, 0.6) is 0 Å². The van der Waals surface area contributed by atoms with E-state index in [1.165, 1.54) is 7.05 Å². The van der Waals surface area contributed by atoms with Gasteiger partial charge in [0.15, 0.2) is 6.21 Å². The Labute approximate surface area is 60.7 Å². The quantitative estimate of drug-likeness (QED) is 0.149. The van der Waals surface area contributed by atoms with Crippen LogP contribution >= 0.6 is 11.6 Å². The van der Waals surface area contributed by atoms with Crippen LogP contribution in [-0.4, -0.2) is 23.9 Å². The number of hydrogen-bond donors (Lipinski definition) is 0. The van der Waals surface area contributed by atoms with Crippen LogP contribution in [0.25, 0.3) is 0 Å². The highest BCUT2D eigenvalue weighted by molar-refractivity contribution is 6.17. The zero-order valence-electron chi connectivity index (χ0n) is 5.64. The van der Waals surface area contributed by atoms with E-state index in [0.29, 0.717) is 5.88 Å². The molecule has 0 amide bonds. The fourth-order valence-electron chi connectivity index (χ4n) is 0.512. The van der Waals surface area contributed by atoms with Gasteiger partial charge in [-0.15, -0.1) is 11.6 Å². The summed E-state index contributed by atoms with van der Waals surface area (Å²) in [7, 11) is 1.49. The molecule has 9 heavy (non-hydrogen) atoms. The van der Waals surface area contributed by atoms with Crippen molar-refractivity contribution in [2.75, 3.05) is 12.9 Å². The summed E-state index contributed by atoms with van der Waals surface area (Å²) in [5.41, 5.74) is 0. The van der Waals surface area contributed by atoms with Gasteiger partial charge >= 0.3 is 0 Å². The Balaban J connectivity index is 3.00. The summed E-state index contributed by atoms with van der Waals surface area (Å²) >= 11 is 5.41. The molecule has 0 saturated carbocycles. The molecule has 0 aliphatic heterocycles. The van der Waals surface area contributed by atoms with Crippen molar-refractivity contribution in [1.29, 1.82) is 0 Å². The third-order valence-electron chi connectivity index (χ3n) is 0.974. The van der Waals surface area contributed by atoms with Gasteiger partial charge in [-0.1, -0.05) is 0 Å². The second kappa shape index (κ2) is 5.89. The van der Waals surface area contributed by atoms with Crippen molar-refractivity contribution in [3.8, 4) is 0 Å². The molecule has 0 aromatic carbocycles. The van der Waals surface area contributed by atoms with Gasteiger partial charge in [0.25, 0.3) is 0 Å². The van der Waals surface area contributed by atoms with E-state index in [4.69, 9.17) is 11.6 Å². The molecule has 0 radical (unpaired) electrons. The summed E-state index contributed by atoms with van der Waals surface area (Å²) in [5, 5.41) is 10.2. The van der Waals surface area contributed by atoms with Crippen LogP contribution in [0.1, 0.15) is 19.3 Å². The topological polar surface area (TPSA) is 26.1 Å². The van der Waals surface area contributed by atoms with Crippen molar-refractivity contribution < 1.29 is 4.74 Å². The molecule has 3 heteroatoms. The highest BCUT2D eigenvalue weighted by Gasteiger charge is 1.85. The largest absolute Gasteiger partial charge is 0.624 e. The predicted molar refractivity (Wildman–Crippen MR) is 40.2 cm³/mol. The van der Waals surface area contributed by atoms with E-state index in [1.54, 1.807) is 6.21 Å². The Morgan fingerprint density at radius 1 is 1.56 bits per heavy atom. The Kier molecular flexibility index (Phi) is 5.73. The molecule has 0 atom stereocenters. The third-order valence-corrected chi connectivity index (χ3v) is 1.24. The number of hydroxylamine groups is 1. The van der Waals surface area contributed by atoms with Crippen LogP contribution in [0.2, 0.25) is 0 Å². The van der Waals surface area contributed by atoms with Crippen molar-refractivity contribution in [2.45, 2.75) is 19.3 Å². The summed E-state index contributed by atoms with van der Waals surface area (Å²) in [6.45, 7) is 0. The molecule has 0 aromatic heterocycles. The molecule has 0 aromatic rings. The zero-order chi connectivity index (χ0) is 7.11. The Bertz CT molecular complexity index is 89.1. The van der Waals surface area contributed by atoms with Crippen LogP contribution in [0.3, 0.4) is 0 Å². The van der Waals surface area contributed by atoms with Crippen molar-refractivity contribution in [3.63, 3.8) is 0 Å². The first-order valence-corrected chi connectivity index (χ1v) is 3.60. The Morgan fingerprint density at radius 2 is 2.22 bits per heavy atom. The lowest BCUT2D eigenvalue weighted by Gasteiger charge is -1.93. The van der Waals surface area contributed by atoms with Gasteiger partial charge in [0.05, 0.1) is 0 Å². The first-order valence-electron chi connectivity index (χ1n) is 3.06. The van der Waals surface area contributed by atoms with Crippen LogP contribution in [0.15, 0.2) is 0 Å². The first kappa shape index (κ1) is 8.76. The molecule has 54 valence electrons. The van der Waals surface area contributed by atoms with Gasteiger partial charge in [-0.2, -0.15) is 0 Å². The van der Waals surface area contributed by atoms with E-state index < -0.39 is 0 Å². The van der Waals surface area contributed by atoms with E-state index in [2.05, 4.69) is 0 Å². The summed E-state index contributed by atoms with van der Waals surface area (Å²) in [6.07, 6.45) is 4.46. The minimum absolute atomic E-state index is 0.691. The number of alkyl halides is 1. The van der Waals surface area contributed by atoms with Gasteiger partial charge in [0.2, 0.25) is 0 Å². The van der Waals surface area contributed by atoms with Crippen LogP contribution in [0, 0.1) is 5.21 Å². The molecule has 0 bridgehead atoms. The molecule has 2 nitrogen and oxygen atoms in total. The molecule has 0 unspecified atom stereocenters. The number of nitrogens with zero attached hydrogens (tertiary/aromatic N) is 1. The van der Waals surface area contributed by atoms with Gasteiger partial charge in [-0.25, -0.2) is 4.74 Å². The SMILES string of the molecule is C/[N+]([O-])=C/CCCCCl. The molecule has 0 heterocycles. The maximum absolute atomic E-state index is 10.2. The van der Waals surface area contributed by atoms with Crippen molar-refractivity contribution in [1.82, 2.24) is 0 Å². The minimum Gasteiger partial charge on any atom is -0.624 e. The van der Waals surface area contributed by atoms with Crippen molar-refractivity contribution in [3.05, 3.63) is 5.21 Å². The van der Waals surface area contributed by atoms with E-state index in [-0.39, 0.29) is 0 Å². The highest BCUT2D eigenvalue weighted by Crippen LogP contribution is 1.93. The van der Waals surface area contributed by atoms with E-state index in [0.717, 1.165) is 24.0 Å². The van der Waals surface area contributed by atoms with Crippen molar-refractivity contribution >= 4 is 17.8 Å². The average molecular weight is 150 g/mol. The van der Waals surface area contributed by atoms with E-state index in [9.17, 15) is 5.21 Å². The number of halogens is 1. The fourth-order valence-corrected chi connectivity index (χ4v) is 0.701. The summed E-state index contributed by atoms with van der Waals surface area (Å²) in [5.74, 6) is 0.691.